The Balaban J connectivity index is 0.00000272. The Kier molecular flexibility index (Phi) is 6.35. The third-order valence-electron chi connectivity index (χ3n) is 4.63. The van der Waals surface area contributed by atoms with Crippen LogP contribution in [0.3, 0.4) is 0 Å². The van der Waals surface area contributed by atoms with Gasteiger partial charge in [0.2, 0.25) is 0 Å². The summed E-state index contributed by atoms with van der Waals surface area (Å²) < 4.78 is 28.6. The van der Waals surface area contributed by atoms with Crippen molar-refractivity contribution in [1.29, 1.82) is 5.26 Å². The average molecular weight is 507 g/mol. The van der Waals surface area contributed by atoms with Crippen LogP contribution < -0.4 is 0 Å². The number of pyridine rings is 3. The first-order valence-corrected chi connectivity index (χ1v) is 8.96. The monoisotopic (exact) mass is 506 g/mol. The van der Waals surface area contributed by atoms with Gasteiger partial charge in [0.15, 0.2) is 0 Å². The van der Waals surface area contributed by atoms with Crippen molar-refractivity contribution in [2.24, 2.45) is 0 Å². The van der Waals surface area contributed by atoms with Crippen molar-refractivity contribution in [2.75, 3.05) is 0 Å². The Morgan fingerprint density at radius 1 is 1.00 bits per heavy atom. The van der Waals surface area contributed by atoms with Crippen molar-refractivity contribution in [1.82, 2.24) is 24.7 Å². The first kappa shape index (κ1) is 22.4. The van der Waals surface area contributed by atoms with Gasteiger partial charge in [-0.1, -0.05) is 42.1 Å². The SMILES string of the molecule is CC(C)(c1cccc(-c2[c-]cc(F)nc2F)n1)c1cccc(-n2[c-]cc(C#N)n2)n1.[Pd+2]. The van der Waals surface area contributed by atoms with E-state index in [-0.39, 0.29) is 31.7 Å². The molecule has 0 aromatic carbocycles. The van der Waals surface area contributed by atoms with Crippen LogP contribution in [-0.4, -0.2) is 24.7 Å². The maximum Gasteiger partial charge on any atom is 2.00 e. The standard InChI is InChI=1S/C22H14F2N6.Pd/c1-22(2,18-7-4-8-20(27-18)30-12-11-14(13-25)29-30)17-6-3-5-16(26-17)15-9-10-19(23)28-21(15)24;/h3-8,10-11H,1-2H3;/q-2;+2. The van der Waals surface area contributed by atoms with Gasteiger partial charge >= 0.3 is 20.4 Å². The van der Waals surface area contributed by atoms with E-state index in [2.05, 4.69) is 32.3 Å². The molecule has 0 aliphatic heterocycles. The summed E-state index contributed by atoms with van der Waals surface area (Å²) in [6, 6.07) is 17.5. The van der Waals surface area contributed by atoms with Gasteiger partial charge in [0, 0.05) is 16.8 Å². The molecule has 0 bridgehead atoms. The molecule has 0 spiro atoms. The van der Waals surface area contributed by atoms with Crippen molar-refractivity contribution in [3.05, 3.63) is 89.8 Å². The molecule has 4 aromatic heterocycles. The molecule has 6 nitrogen and oxygen atoms in total. The fourth-order valence-corrected chi connectivity index (χ4v) is 2.96. The minimum absolute atomic E-state index is 0. The van der Waals surface area contributed by atoms with Crippen LogP contribution in [0.1, 0.15) is 30.9 Å². The largest absolute Gasteiger partial charge is 2.00 e. The number of hydrogen-bond donors (Lipinski definition) is 0. The third kappa shape index (κ3) is 4.41. The van der Waals surface area contributed by atoms with Crippen LogP contribution >= 0.6 is 0 Å². The third-order valence-corrected chi connectivity index (χ3v) is 4.63. The van der Waals surface area contributed by atoms with Crippen LogP contribution in [0.2, 0.25) is 0 Å². The van der Waals surface area contributed by atoms with Gasteiger partial charge in [0.1, 0.15) is 11.9 Å². The molecule has 0 atom stereocenters. The summed E-state index contributed by atoms with van der Waals surface area (Å²) in [5, 5.41) is 13.1. The number of hydrogen-bond acceptors (Lipinski definition) is 5. The van der Waals surface area contributed by atoms with E-state index in [1.165, 1.54) is 10.7 Å². The van der Waals surface area contributed by atoms with E-state index in [9.17, 15) is 8.78 Å². The van der Waals surface area contributed by atoms with Crippen molar-refractivity contribution in [3.8, 4) is 23.1 Å². The molecule has 4 rings (SSSR count). The van der Waals surface area contributed by atoms with Crippen LogP contribution in [0.5, 0.6) is 0 Å². The molecule has 4 aromatic rings. The second kappa shape index (κ2) is 8.81. The summed E-state index contributed by atoms with van der Waals surface area (Å²) in [4.78, 5) is 12.4. The summed E-state index contributed by atoms with van der Waals surface area (Å²) in [5.74, 6) is -1.41. The molecule has 9 heteroatoms. The Hall–Kier alpha value is -3.33. The number of nitrogens with zero attached hydrogens (tertiary/aromatic N) is 6. The molecule has 156 valence electrons. The minimum atomic E-state index is -0.972. The van der Waals surface area contributed by atoms with E-state index >= 15 is 0 Å². The van der Waals surface area contributed by atoms with Crippen LogP contribution in [0.25, 0.3) is 17.1 Å². The number of nitriles is 1. The molecular formula is C22H14F2N6Pd. The van der Waals surface area contributed by atoms with E-state index in [0.717, 1.165) is 6.07 Å². The molecule has 0 unspecified atom stereocenters. The van der Waals surface area contributed by atoms with E-state index in [0.29, 0.717) is 22.9 Å². The second-order valence-electron chi connectivity index (χ2n) is 6.99. The normalized spacial score (nSPS) is 10.9. The van der Waals surface area contributed by atoms with E-state index in [1.807, 2.05) is 32.0 Å². The molecule has 0 saturated carbocycles. The predicted octanol–water partition coefficient (Wildman–Crippen LogP) is 3.80. The first-order valence-electron chi connectivity index (χ1n) is 8.96. The zero-order valence-corrected chi connectivity index (χ0v) is 17.9. The van der Waals surface area contributed by atoms with Crippen molar-refractivity contribution in [2.45, 2.75) is 19.3 Å². The van der Waals surface area contributed by atoms with Gasteiger partial charge in [-0.3, -0.25) is 9.97 Å². The van der Waals surface area contributed by atoms with E-state index < -0.39 is 17.3 Å². The van der Waals surface area contributed by atoms with Crippen LogP contribution in [-0.2, 0) is 25.8 Å². The molecule has 0 aliphatic carbocycles. The first-order chi connectivity index (χ1) is 14.4. The fraction of sp³-hybridized carbons (Fsp3) is 0.136. The van der Waals surface area contributed by atoms with Crippen molar-refractivity contribution >= 4 is 0 Å². The summed E-state index contributed by atoms with van der Waals surface area (Å²) in [6.07, 6.45) is 2.85. The van der Waals surface area contributed by atoms with Gasteiger partial charge < -0.3 is 9.67 Å². The maximum atomic E-state index is 14.1. The summed E-state index contributed by atoms with van der Waals surface area (Å²) in [6.45, 7) is 3.86. The molecular weight excluding hydrogens is 493 g/mol. The molecule has 0 amide bonds. The van der Waals surface area contributed by atoms with E-state index in [4.69, 9.17) is 5.26 Å². The number of halogens is 2. The summed E-state index contributed by atoms with van der Waals surface area (Å²) in [5.41, 5.74) is 1.19. The second-order valence-corrected chi connectivity index (χ2v) is 6.99. The topological polar surface area (TPSA) is 80.3 Å². The van der Waals surface area contributed by atoms with Crippen LogP contribution in [0.15, 0.2) is 48.5 Å². The zero-order chi connectivity index (χ0) is 21.3. The van der Waals surface area contributed by atoms with E-state index in [1.54, 1.807) is 24.3 Å². The van der Waals surface area contributed by atoms with Gasteiger partial charge in [0.05, 0.1) is 17.6 Å². The van der Waals surface area contributed by atoms with Crippen LogP contribution in [0.4, 0.5) is 8.78 Å². The van der Waals surface area contributed by atoms with Gasteiger partial charge in [-0.05, 0) is 31.7 Å². The molecule has 4 heterocycles. The molecule has 31 heavy (non-hydrogen) atoms. The Bertz CT molecular complexity index is 1280. The Morgan fingerprint density at radius 3 is 2.39 bits per heavy atom. The minimum Gasteiger partial charge on any atom is -0.342 e. The van der Waals surface area contributed by atoms with Crippen LogP contribution in [0, 0.1) is 35.5 Å². The van der Waals surface area contributed by atoms with Gasteiger partial charge in [-0.15, -0.1) is 12.1 Å². The Morgan fingerprint density at radius 2 is 1.71 bits per heavy atom. The van der Waals surface area contributed by atoms with Gasteiger partial charge in [-0.25, -0.2) is 19.1 Å². The van der Waals surface area contributed by atoms with Gasteiger partial charge in [0.25, 0.3) is 0 Å². The zero-order valence-electron chi connectivity index (χ0n) is 16.4. The number of rotatable bonds is 4. The molecule has 0 fully saturated rings. The molecule has 0 N–H and O–H groups in total. The summed E-state index contributed by atoms with van der Waals surface area (Å²) in [7, 11) is 0. The fourth-order valence-electron chi connectivity index (χ4n) is 2.96. The summed E-state index contributed by atoms with van der Waals surface area (Å²) >= 11 is 0. The van der Waals surface area contributed by atoms with Crippen molar-refractivity contribution < 1.29 is 29.2 Å². The van der Waals surface area contributed by atoms with Crippen molar-refractivity contribution in [3.63, 3.8) is 0 Å². The molecule has 0 aliphatic rings. The smallest absolute Gasteiger partial charge is 0.342 e. The molecule has 0 radical (unpaired) electrons. The number of aromatic nitrogens is 5. The van der Waals surface area contributed by atoms with Gasteiger partial charge in [-0.2, -0.15) is 0 Å². The quantitative estimate of drug-likeness (QED) is 0.239. The maximum absolute atomic E-state index is 14.1. The predicted molar refractivity (Wildman–Crippen MR) is 103 cm³/mol. The average Bonchev–Trinajstić information content (AvgIpc) is 3.23. The Labute approximate surface area is 191 Å². The molecule has 0 saturated heterocycles.